The van der Waals surface area contributed by atoms with Crippen LogP contribution >= 0.6 is 0 Å². The summed E-state index contributed by atoms with van der Waals surface area (Å²) in [5, 5.41) is 22.8. The van der Waals surface area contributed by atoms with Gasteiger partial charge in [0.1, 0.15) is 11.6 Å². The number of nitrogens with zero attached hydrogens (tertiary/aromatic N) is 3. The number of esters is 1. The summed E-state index contributed by atoms with van der Waals surface area (Å²) in [5.41, 5.74) is -1.43. The van der Waals surface area contributed by atoms with Crippen LogP contribution in [0.5, 0.6) is 5.75 Å². The molecule has 0 spiro atoms. The molecule has 220 valence electrons. The van der Waals surface area contributed by atoms with E-state index in [4.69, 9.17) is 4.74 Å². The first kappa shape index (κ1) is 29.5. The molecule has 0 atom stereocenters. The largest absolute Gasteiger partial charge is 0.422 e. The van der Waals surface area contributed by atoms with E-state index in [0.717, 1.165) is 42.5 Å². The molecule has 0 radical (unpaired) electrons. The number of nitro benzene ring substituents is 2. The van der Waals surface area contributed by atoms with E-state index in [1.54, 1.807) is 12.1 Å². The first-order valence-electron chi connectivity index (χ1n) is 12.6. The monoisotopic (exact) mass is 615 g/mol. The number of carbonyl (C=O) groups excluding carboxylic acids is 2. The Morgan fingerprint density at radius 2 is 1.27 bits per heavy atom. The lowest BCUT2D eigenvalue weighted by Crippen LogP contribution is -2.37. The van der Waals surface area contributed by atoms with E-state index in [-0.39, 0.29) is 39.0 Å². The van der Waals surface area contributed by atoms with Crippen molar-refractivity contribution in [2.24, 2.45) is 0 Å². The summed E-state index contributed by atoms with van der Waals surface area (Å²) < 4.78 is 47.6. The summed E-state index contributed by atoms with van der Waals surface area (Å²) >= 11 is 0. The Bertz CT molecular complexity index is 2080. The fourth-order valence-electron chi connectivity index (χ4n) is 4.36. The lowest BCUT2D eigenvalue weighted by Gasteiger charge is -2.25. The first-order valence-corrected chi connectivity index (χ1v) is 14.0. The fraction of sp³-hybridized carbons (Fsp3) is 0. The summed E-state index contributed by atoms with van der Waals surface area (Å²) in [6.07, 6.45) is 0. The van der Waals surface area contributed by atoms with Crippen LogP contribution in [0.3, 0.4) is 0 Å². The Balaban J connectivity index is 1.66. The maximum Gasteiger partial charge on any atom is 0.343 e. The maximum absolute atomic E-state index is 14.0. The number of benzene rings is 5. The van der Waals surface area contributed by atoms with Crippen molar-refractivity contribution in [1.82, 2.24) is 0 Å². The van der Waals surface area contributed by atoms with Crippen molar-refractivity contribution in [3.63, 3.8) is 0 Å². The van der Waals surface area contributed by atoms with Crippen molar-refractivity contribution in [2.45, 2.75) is 4.90 Å². The van der Waals surface area contributed by atoms with E-state index in [9.17, 15) is 42.6 Å². The molecule has 0 aliphatic rings. The number of rotatable bonds is 8. The number of fused-ring (bicyclic) bond motifs is 1. The van der Waals surface area contributed by atoms with Crippen LogP contribution in [0.1, 0.15) is 20.7 Å². The molecule has 0 heterocycles. The Kier molecular flexibility index (Phi) is 7.83. The number of non-ortho nitro benzene ring substituents is 2. The van der Waals surface area contributed by atoms with Crippen molar-refractivity contribution in [1.29, 1.82) is 0 Å². The van der Waals surface area contributed by atoms with Gasteiger partial charge in [0.2, 0.25) is 0 Å². The summed E-state index contributed by atoms with van der Waals surface area (Å²) in [7, 11) is -4.76. The molecule has 1 amide bonds. The molecule has 0 N–H and O–H groups in total. The average Bonchev–Trinajstić information content (AvgIpc) is 3.02. The van der Waals surface area contributed by atoms with Gasteiger partial charge in [0, 0.05) is 40.6 Å². The molecule has 0 saturated heterocycles. The fourth-order valence-corrected chi connectivity index (χ4v) is 5.79. The van der Waals surface area contributed by atoms with Crippen molar-refractivity contribution >= 4 is 49.7 Å². The predicted octanol–water partition coefficient (Wildman–Crippen LogP) is 6.05. The second-order valence-electron chi connectivity index (χ2n) is 9.16. The molecule has 14 heteroatoms. The number of halogens is 1. The Morgan fingerprint density at radius 1 is 0.705 bits per heavy atom. The SMILES string of the molecule is O=C(Oc1ccc(N(C(=O)c2cccc([N+](=O)[O-])c2)S(=O)(=O)c2ccc(F)cc2)c2ccccc12)c1cccc([N+](=O)[O-])c1. The molecular formula is C30H18FN3O9S. The van der Waals surface area contributed by atoms with Crippen molar-refractivity contribution in [3.05, 3.63) is 146 Å². The Labute approximate surface area is 247 Å². The van der Waals surface area contributed by atoms with E-state index in [1.165, 1.54) is 54.6 Å². The second kappa shape index (κ2) is 11.7. The van der Waals surface area contributed by atoms with Crippen LogP contribution in [0.25, 0.3) is 10.8 Å². The van der Waals surface area contributed by atoms with E-state index in [2.05, 4.69) is 0 Å². The number of hydrogen-bond donors (Lipinski definition) is 0. The first-order chi connectivity index (χ1) is 21.0. The third-order valence-corrected chi connectivity index (χ3v) is 8.13. The molecule has 5 rings (SSSR count). The minimum absolute atomic E-state index is 0.0530. The highest BCUT2D eigenvalue weighted by atomic mass is 32.2. The van der Waals surface area contributed by atoms with Gasteiger partial charge in [0.05, 0.1) is 26.0 Å². The zero-order valence-corrected chi connectivity index (χ0v) is 23.0. The number of ether oxygens (including phenoxy) is 1. The van der Waals surface area contributed by atoms with Gasteiger partial charge < -0.3 is 4.74 Å². The van der Waals surface area contributed by atoms with Crippen molar-refractivity contribution in [3.8, 4) is 5.75 Å². The van der Waals surface area contributed by atoms with Gasteiger partial charge in [0.15, 0.2) is 0 Å². The van der Waals surface area contributed by atoms with Crippen LogP contribution < -0.4 is 9.04 Å². The molecule has 0 saturated carbocycles. The third kappa shape index (κ3) is 5.69. The minimum atomic E-state index is -4.76. The van der Waals surface area contributed by atoms with E-state index >= 15 is 0 Å². The zero-order chi connectivity index (χ0) is 31.6. The molecule has 44 heavy (non-hydrogen) atoms. The molecule has 0 aromatic heterocycles. The van der Waals surface area contributed by atoms with Crippen LogP contribution in [0.15, 0.2) is 114 Å². The quantitative estimate of drug-likeness (QED) is 0.0873. The molecule has 0 aliphatic carbocycles. The molecule has 5 aromatic carbocycles. The molecule has 0 unspecified atom stereocenters. The van der Waals surface area contributed by atoms with Gasteiger partial charge >= 0.3 is 5.97 Å². The molecule has 12 nitrogen and oxygen atoms in total. The van der Waals surface area contributed by atoms with E-state index in [0.29, 0.717) is 4.31 Å². The highest BCUT2D eigenvalue weighted by molar-refractivity contribution is 7.93. The third-order valence-electron chi connectivity index (χ3n) is 6.42. The van der Waals surface area contributed by atoms with Gasteiger partial charge in [-0.05, 0) is 48.5 Å². The topological polar surface area (TPSA) is 167 Å². The minimum Gasteiger partial charge on any atom is -0.422 e. The number of carbonyl (C=O) groups is 2. The highest BCUT2D eigenvalue weighted by Crippen LogP contribution is 2.38. The Hall–Kier alpha value is -6.02. The van der Waals surface area contributed by atoms with Crippen LogP contribution in [0, 0.1) is 26.0 Å². The van der Waals surface area contributed by atoms with Crippen LogP contribution in [0.4, 0.5) is 21.5 Å². The van der Waals surface area contributed by atoms with Gasteiger partial charge in [-0.3, -0.25) is 25.0 Å². The molecular weight excluding hydrogens is 597 g/mol. The van der Waals surface area contributed by atoms with Crippen molar-refractivity contribution < 1.29 is 37.0 Å². The van der Waals surface area contributed by atoms with Gasteiger partial charge in [-0.15, -0.1) is 0 Å². The normalized spacial score (nSPS) is 11.1. The van der Waals surface area contributed by atoms with Gasteiger partial charge in [0.25, 0.3) is 27.3 Å². The number of nitro groups is 2. The van der Waals surface area contributed by atoms with Crippen LogP contribution in [-0.4, -0.2) is 30.1 Å². The number of anilines is 1. The molecule has 0 aliphatic heterocycles. The molecule has 0 fully saturated rings. The predicted molar refractivity (Wildman–Crippen MR) is 155 cm³/mol. The summed E-state index contributed by atoms with van der Waals surface area (Å²) in [6, 6.07) is 21.6. The summed E-state index contributed by atoms with van der Waals surface area (Å²) in [4.78, 5) is 47.5. The maximum atomic E-state index is 14.0. The smallest absolute Gasteiger partial charge is 0.343 e. The summed E-state index contributed by atoms with van der Waals surface area (Å²) in [5.74, 6) is -2.86. The van der Waals surface area contributed by atoms with E-state index < -0.39 is 48.1 Å². The highest BCUT2D eigenvalue weighted by Gasteiger charge is 2.34. The number of hydrogen-bond acceptors (Lipinski definition) is 9. The van der Waals surface area contributed by atoms with Gasteiger partial charge in [-0.1, -0.05) is 36.4 Å². The van der Waals surface area contributed by atoms with Crippen molar-refractivity contribution in [2.75, 3.05) is 4.31 Å². The lowest BCUT2D eigenvalue weighted by atomic mass is 10.1. The molecule has 0 bridgehead atoms. The average molecular weight is 616 g/mol. The van der Waals surface area contributed by atoms with Crippen LogP contribution in [-0.2, 0) is 10.0 Å². The number of amides is 1. The zero-order valence-electron chi connectivity index (χ0n) is 22.2. The van der Waals surface area contributed by atoms with Gasteiger partial charge in [-0.2, -0.15) is 4.31 Å². The van der Waals surface area contributed by atoms with Gasteiger partial charge in [-0.25, -0.2) is 17.6 Å². The van der Waals surface area contributed by atoms with E-state index in [1.807, 2.05) is 0 Å². The summed E-state index contributed by atoms with van der Waals surface area (Å²) in [6.45, 7) is 0. The standard InChI is InChI=1S/C30H18FN3O9S/c31-21-11-13-24(14-12-21)44(41,42)32(29(35)19-5-3-7-22(17-19)33(37)38)27-15-16-28(26-10-2-1-9-25(26)27)43-30(36)20-6-4-8-23(18-20)34(39)40/h1-18H. The lowest BCUT2D eigenvalue weighted by molar-refractivity contribution is -0.385. The second-order valence-corrected chi connectivity index (χ2v) is 10.9. The molecule has 5 aromatic rings. The van der Waals surface area contributed by atoms with Crippen LogP contribution in [0.2, 0.25) is 0 Å². The Morgan fingerprint density at radius 3 is 1.89 bits per heavy atom. The number of sulfonamides is 1.